The van der Waals surface area contributed by atoms with Crippen LogP contribution in [0.5, 0.6) is 0 Å². The third-order valence-electron chi connectivity index (χ3n) is 3.81. The lowest BCUT2D eigenvalue weighted by Gasteiger charge is -2.31. The second-order valence-corrected chi connectivity index (χ2v) is 5.69. The van der Waals surface area contributed by atoms with Crippen molar-refractivity contribution in [2.75, 3.05) is 26.7 Å². The van der Waals surface area contributed by atoms with Crippen LogP contribution in [0.2, 0.25) is 0 Å². The summed E-state index contributed by atoms with van der Waals surface area (Å²) < 4.78 is 1.74. The highest BCUT2D eigenvalue weighted by molar-refractivity contribution is 5.78. The number of carboxylic acid groups (broad SMARTS) is 1. The van der Waals surface area contributed by atoms with Gasteiger partial charge in [0.05, 0.1) is 18.7 Å². The zero-order valence-electron chi connectivity index (χ0n) is 12.5. The van der Waals surface area contributed by atoms with Crippen molar-refractivity contribution in [2.45, 2.75) is 19.4 Å². The first-order chi connectivity index (χ1) is 9.95. The first-order valence-electron chi connectivity index (χ1n) is 7.12. The van der Waals surface area contributed by atoms with Crippen LogP contribution >= 0.6 is 0 Å². The number of likely N-dealkylation sites (N-methyl/N-ethyl adjacent to an activating group) is 1. The normalized spacial score (nSPS) is 16.4. The van der Waals surface area contributed by atoms with Gasteiger partial charge in [-0.2, -0.15) is 5.10 Å². The molecule has 0 aromatic carbocycles. The van der Waals surface area contributed by atoms with Crippen LogP contribution in [0.4, 0.5) is 0 Å². The van der Waals surface area contributed by atoms with Crippen molar-refractivity contribution < 1.29 is 14.7 Å². The number of hydrogen-bond acceptors (Lipinski definition) is 4. The minimum atomic E-state index is -0.754. The molecule has 1 aromatic rings. The van der Waals surface area contributed by atoms with Crippen LogP contribution in [-0.2, 0) is 23.2 Å². The first kappa shape index (κ1) is 15.5. The second kappa shape index (κ2) is 6.71. The Bertz CT molecular complexity index is 506. The Labute approximate surface area is 124 Å². The van der Waals surface area contributed by atoms with E-state index in [2.05, 4.69) is 5.10 Å². The Hall–Kier alpha value is -1.89. The number of rotatable bonds is 5. The maximum absolute atomic E-state index is 12.2. The molecule has 1 aliphatic rings. The molecule has 0 bridgehead atoms. The number of likely N-dealkylation sites (tertiary alicyclic amines) is 1. The van der Waals surface area contributed by atoms with Gasteiger partial charge in [-0.25, -0.2) is 0 Å². The maximum atomic E-state index is 12.2. The third-order valence-corrected chi connectivity index (χ3v) is 3.81. The Morgan fingerprint density at radius 1 is 1.43 bits per heavy atom. The molecular formula is C14H22N4O3. The van der Waals surface area contributed by atoms with Gasteiger partial charge in [0.15, 0.2) is 0 Å². The lowest BCUT2D eigenvalue weighted by molar-refractivity contribution is -0.145. The number of carbonyl (C=O) groups excluding carboxylic acids is 1. The number of aromatic nitrogens is 2. The molecular weight excluding hydrogens is 272 g/mol. The summed E-state index contributed by atoms with van der Waals surface area (Å²) in [7, 11) is 3.76. The summed E-state index contributed by atoms with van der Waals surface area (Å²) in [6.07, 6.45) is 4.82. The zero-order chi connectivity index (χ0) is 15.4. The Balaban J connectivity index is 1.77. The van der Waals surface area contributed by atoms with Crippen molar-refractivity contribution in [3.8, 4) is 0 Å². The summed E-state index contributed by atoms with van der Waals surface area (Å²) in [6.45, 7) is 2.09. The molecule has 0 saturated carbocycles. The molecule has 0 aliphatic carbocycles. The smallest absolute Gasteiger partial charge is 0.306 e. The van der Waals surface area contributed by atoms with E-state index in [1.54, 1.807) is 15.8 Å². The molecule has 0 radical (unpaired) electrons. The monoisotopic (exact) mass is 294 g/mol. The Kier molecular flexibility index (Phi) is 4.95. The fourth-order valence-corrected chi connectivity index (χ4v) is 2.63. The molecule has 2 heterocycles. The van der Waals surface area contributed by atoms with Crippen LogP contribution in [0.15, 0.2) is 12.4 Å². The predicted octanol–water partition coefficient (Wildman–Crippen LogP) is 0.175. The van der Waals surface area contributed by atoms with Crippen LogP contribution < -0.4 is 0 Å². The molecule has 1 fully saturated rings. The topological polar surface area (TPSA) is 78.7 Å². The van der Waals surface area contributed by atoms with Gasteiger partial charge >= 0.3 is 5.97 Å². The highest BCUT2D eigenvalue weighted by atomic mass is 16.4. The van der Waals surface area contributed by atoms with Crippen LogP contribution in [-0.4, -0.2) is 63.2 Å². The van der Waals surface area contributed by atoms with E-state index in [4.69, 9.17) is 5.11 Å². The molecule has 1 aliphatic heterocycles. The van der Waals surface area contributed by atoms with Crippen molar-refractivity contribution in [3.63, 3.8) is 0 Å². The van der Waals surface area contributed by atoms with E-state index in [1.807, 2.05) is 25.2 Å². The summed E-state index contributed by atoms with van der Waals surface area (Å²) >= 11 is 0. The fraction of sp³-hybridized carbons (Fsp3) is 0.643. The molecule has 1 N–H and O–H groups in total. The van der Waals surface area contributed by atoms with E-state index in [0.717, 1.165) is 5.56 Å². The van der Waals surface area contributed by atoms with E-state index in [1.165, 1.54) is 0 Å². The minimum Gasteiger partial charge on any atom is -0.481 e. The summed E-state index contributed by atoms with van der Waals surface area (Å²) in [6, 6.07) is 0. The predicted molar refractivity (Wildman–Crippen MR) is 76.5 cm³/mol. The fourth-order valence-electron chi connectivity index (χ4n) is 2.63. The van der Waals surface area contributed by atoms with Crippen LogP contribution in [0.1, 0.15) is 18.4 Å². The SMILES string of the molecule is CN(CC(=O)N1CCC(C(=O)O)CC1)Cc1cnn(C)c1. The van der Waals surface area contributed by atoms with E-state index in [0.29, 0.717) is 39.0 Å². The van der Waals surface area contributed by atoms with Crippen molar-refractivity contribution in [1.82, 2.24) is 19.6 Å². The largest absolute Gasteiger partial charge is 0.481 e. The summed E-state index contributed by atoms with van der Waals surface area (Å²) in [5.41, 5.74) is 1.07. The number of hydrogen-bond donors (Lipinski definition) is 1. The van der Waals surface area contributed by atoms with Gasteiger partial charge in [0.25, 0.3) is 0 Å². The second-order valence-electron chi connectivity index (χ2n) is 5.69. The number of aryl methyl sites for hydroxylation is 1. The van der Waals surface area contributed by atoms with Gasteiger partial charge in [-0.05, 0) is 19.9 Å². The van der Waals surface area contributed by atoms with Gasteiger partial charge in [0, 0.05) is 38.4 Å². The molecule has 1 aromatic heterocycles. The van der Waals surface area contributed by atoms with Gasteiger partial charge in [-0.15, -0.1) is 0 Å². The van der Waals surface area contributed by atoms with Gasteiger partial charge in [-0.3, -0.25) is 19.2 Å². The first-order valence-corrected chi connectivity index (χ1v) is 7.12. The van der Waals surface area contributed by atoms with Crippen LogP contribution in [0, 0.1) is 5.92 Å². The van der Waals surface area contributed by atoms with Crippen LogP contribution in [0.25, 0.3) is 0 Å². The third kappa shape index (κ3) is 4.29. The highest BCUT2D eigenvalue weighted by Crippen LogP contribution is 2.17. The molecule has 116 valence electrons. The van der Waals surface area contributed by atoms with E-state index >= 15 is 0 Å². The molecule has 7 nitrogen and oxygen atoms in total. The van der Waals surface area contributed by atoms with Crippen molar-refractivity contribution in [3.05, 3.63) is 18.0 Å². The van der Waals surface area contributed by atoms with Gasteiger partial charge in [0.1, 0.15) is 0 Å². The molecule has 1 amide bonds. The quantitative estimate of drug-likeness (QED) is 0.838. The molecule has 2 rings (SSSR count). The molecule has 1 saturated heterocycles. The number of piperidine rings is 1. The Morgan fingerprint density at radius 3 is 2.62 bits per heavy atom. The molecule has 7 heteroatoms. The standard InChI is InChI=1S/C14H22N4O3/c1-16(8-11-7-15-17(2)9-11)10-13(19)18-5-3-12(4-6-18)14(20)21/h7,9,12H,3-6,8,10H2,1-2H3,(H,20,21). The van der Waals surface area contributed by atoms with Crippen LogP contribution in [0.3, 0.4) is 0 Å². The molecule has 21 heavy (non-hydrogen) atoms. The van der Waals surface area contributed by atoms with E-state index in [-0.39, 0.29) is 11.8 Å². The molecule has 0 spiro atoms. The van der Waals surface area contributed by atoms with Crippen molar-refractivity contribution >= 4 is 11.9 Å². The van der Waals surface area contributed by atoms with Crippen molar-refractivity contribution in [1.29, 1.82) is 0 Å². The molecule has 0 unspecified atom stereocenters. The average molecular weight is 294 g/mol. The highest BCUT2D eigenvalue weighted by Gasteiger charge is 2.27. The zero-order valence-corrected chi connectivity index (χ0v) is 12.5. The average Bonchev–Trinajstić information content (AvgIpc) is 2.83. The summed E-state index contributed by atoms with van der Waals surface area (Å²) in [4.78, 5) is 26.8. The van der Waals surface area contributed by atoms with E-state index in [9.17, 15) is 9.59 Å². The number of carboxylic acids is 1. The lowest BCUT2D eigenvalue weighted by Crippen LogP contribution is -2.44. The number of amides is 1. The number of carbonyl (C=O) groups is 2. The van der Waals surface area contributed by atoms with Gasteiger partial charge in [-0.1, -0.05) is 0 Å². The lowest BCUT2D eigenvalue weighted by atomic mass is 9.97. The summed E-state index contributed by atoms with van der Waals surface area (Å²) in [5.74, 6) is -0.997. The van der Waals surface area contributed by atoms with E-state index < -0.39 is 5.97 Å². The number of aliphatic carboxylic acids is 1. The summed E-state index contributed by atoms with van der Waals surface area (Å²) in [5, 5.41) is 13.1. The van der Waals surface area contributed by atoms with Gasteiger partial charge < -0.3 is 10.0 Å². The molecule has 0 atom stereocenters. The minimum absolute atomic E-state index is 0.0604. The van der Waals surface area contributed by atoms with Gasteiger partial charge in [0.2, 0.25) is 5.91 Å². The van der Waals surface area contributed by atoms with Crippen molar-refractivity contribution in [2.24, 2.45) is 13.0 Å². The number of nitrogens with zero attached hydrogens (tertiary/aromatic N) is 4. The Morgan fingerprint density at radius 2 is 2.10 bits per heavy atom. The maximum Gasteiger partial charge on any atom is 0.306 e.